The molecule has 158 valence electrons. The summed E-state index contributed by atoms with van der Waals surface area (Å²) in [5.41, 5.74) is 2.08. The Morgan fingerprint density at radius 3 is 2.10 bits per heavy atom. The van der Waals surface area contributed by atoms with Gasteiger partial charge in [-0.1, -0.05) is 41.4 Å². The summed E-state index contributed by atoms with van der Waals surface area (Å²) in [6.07, 6.45) is 0. The summed E-state index contributed by atoms with van der Waals surface area (Å²) in [5, 5.41) is 0.864. The molecule has 0 unspecified atom stereocenters. The molecule has 0 aliphatic heterocycles. The molecule has 0 fully saturated rings. The SMILES string of the molecule is COc1cc2c(=O)n(-c3ccc(Cl)cc3)c(=O)n(Cc3ccc(C)cc3)c2cc1OC. The number of hydrogen-bond acceptors (Lipinski definition) is 4. The van der Waals surface area contributed by atoms with Crippen LogP contribution in [0.5, 0.6) is 11.5 Å². The zero-order valence-electron chi connectivity index (χ0n) is 17.4. The van der Waals surface area contributed by atoms with Gasteiger partial charge >= 0.3 is 5.69 Å². The van der Waals surface area contributed by atoms with Gasteiger partial charge < -0.3 is 9.47 Å². The molecule has 0 bridgehead atoms. The van der Waals surface area contributed by atoms with Gasteiger partial charge in [0.25, 0.3) is 5.56 Å². The zero-order valence-corrected chi connectivity index (χ0v) is 18.1. The lowest BCUT2D eigenvalue weighted by atomic mass is 10.1. The molecular formula is C24H21ClN2O4. The van der Waals surface area contributed by atoms with Crippen LogP contribution in [0, 0.1) is 6.92 Å². The molecule has 0 N–H and O–H groups in total. The van der Waals surface area contributed by atoms with Crippen LogP contribution in [0.1, 0.15) is 11.1 Å². The molecule has 0 atom stereocenters. The van der Waals surface area contributed by atoms with Crippen molar-refractivity contribution in [3.8, 4) is 17.2 Å². The number of benzene rings is 3. The zero-order chi connectivity index (χ0) is 22.1. The summed E-state index contributed by atoms with van der Waals surface area (Å²) in [7, 11) is 3.02. The van der Waals surface area contributed by atoms with Gasteiger partial charge in [-0.15, -0.1) is 0 Å². The molecule has 1 aromatic heterocycles. The fourth-order valence-electron chi connectivity index (χ4n) is 3.54. The van der Waals surface area contributed by atoms with Crippen LogP contribution < -0.4 is 20.7 Å². The Labute approximate surface area is 183 Å². The highest BCUT2D eigenvalue weighted by molar-refractivity contribution is 6.30. The number of ether oxygens (including phenoxy) is 2. The van der Waals surface area contributed by atoms with Crippen molar-refractivity contribution in [2.45, 2.75) is 13.5 Å². The molecule has 7 heteroatoms. The van der Waals surface area contributed by atoms with E-state index in [2.05, 4.69) is 0 Å². The molecule has 4 aromatic rings. The third kappa shape index (κ3) is 3.82. The van der Waals surface area contributed by atoms with Crippen molar-refractivity contribution in [1.29, 1.82) is 0 Å². The molecule has 0 radical (unpaired) electrons. The molecule has 0 spiro atoms. The molecule has 0 amide bonds. The van der Waals surface area contributed by atoms with E-state index in [-0.39, 0.29) is 0 Å². The van der Waals surface area contributed by atoms with Crippen molar-refractivity contribution in [2.24, 2.45) is 0 Å². The van der Waals surface area contributed by atoms with Crippen molar-refractivity contribution in [3.05, 3.63) is 97.7 Å². The van der Waals surface area contributed by atoms with Crippen molar-refractivity contribution in [1.82, 2.24) is 9.13 Å². The smallest absolute Gasteiger partial charge is 0.336 e. The quantitative estimate of drug-likeness (QED) is 0.471. The van der Waals surface area contributed by atoms with Gasteiger partial charge in [-0.3, -0.25) is 9.36 Å². The van der Waals surface area contributed by atoms with Gasteiger partial charge in [-0.05, 0) is 42.8 Å². The van der Waals surface area contributed by atoms with Crippen LogP contribution in [0.2, 0.25) is 5.02 Å². The minimum Gasteiger partial charge on any atom is -0.493 e. The van der Waals surface area contributed by atoms with Crippen LogP contribution >= 0.6 is 11.6 Å². The highest BCUT2D eigenvalue weighted by Gasteiger charge is 2.18. The standard InChI is InChI=1S/C24H21ClN2O4/c1-15-4-6-16(7-5-15)14-26-20-13-22(31-3)21(30-2)12-19(20)23(28)27(24(26)29)18-10-8-17(25)9-11-18/h4-13H,14H2,1-3H3. The van der Waals surface area contributed by atoms with E-state index in [1.165, 1.54) is 14.2 Å². The largest absolute Gasteiger partial charge is 0.493 e. The third-order valence-electron chi connectivity index (χ3n) is 5.19. The van der Waals surface area contributed by atoms with Crippen molar-refractivity contribution in [2.75, 3.05) is 14.2 Å². The number of methoxy groups -OCH3 is 2. The third-order valence-corrected chi connectivity index (χ3v) is 5.45. The highest BCUT2D eigenvalue weighted by Crippen LogP contribution is 2.30. The van der Waals surface area contributed by atoms with Gasteiger partial charge in [0.1, 0.15) is 0 Å². The van der Waals surface area contributed by atoms with E-state index >= 15 is 0 Å². The van der Waals surface area contributed by atoms with E-state index in [1.807, 2.05) is 31.2 Å². The molecular weight excluding hydrogens is 416 g/mol. The average Bonchev–Trinajstić information content (AvgIpc) is 2.78. The van der Waals surface area contributed by atoms with E-state index in [0.717, 1.165) is 15.7 Å². The Bertz CT molecular complexity index is 1370. The Morgan fingerprint density at radius 1 is 0.871 bits per heavy atom. The summed E-state index contributed by atoms with van der Waals surface area (Å²) < 4.78 is 13.5. The first-order valence-corrected chi connectivity index (χ1v) is 10.0. The Balaban J connectivity index is 2.06. The molecule has 0 saturated carbocycles. The molecule has 1 heterocycles. The molecule has 3 aromatic carbocycles. The minimum absolute atomic E-state index is 0.291. The van der Waals surface area contributed by atoms with E-state index in [4.69, 9.17) is 21.1 Å². The van der Waals surface area contributed by atoms with Gasteiger partial charge in [-0.2, -0.15) is 0 Å². The Kier molecular flexibility index (Phi) is 5.57. The molecule has 6 nitrogen and oxygen atoms in total. The maximum Gasteiger partial charge on any atom is 0.336 e. The number of hydrogen-bond donors (Lipinski definition) is 0. The maximum atomic E-state index is 13.5. The maximum absolute atomic E-state index is 13.5. The summed E-state index contributed by atoms with van der Waals surface area (Å²) >= 11 is 6.00. The first-order valence-electron chi connectivity index (χ1n) is 9.66. The second kappa shape index (κ2) is 8.32. The van der Waals surface area contributed by atoms with Crippen molar-refractivity contribution >= 4 is 22.5 Å². The first-order chi connectivity index (χ1) is 14.9. The second-order valence-corrected chi connectivity index (χ2v) is 7.63. The summed E-state index contributed by atoms with van der Waals surface area (Å²) in [5.74, 6) is 0.853. The number of nitrogens with zero attached hydrogens (tertiary/aromatic N) is 2. The number of aromatic nitrogens is 2. The Morgan fingerprint density at radius 2 is 1.48 bits per heavy atom. The normalized spacial score (nSPS) is 11.0. The van der Waals surface area contributed by atoms with E-state index in [9.17, 15) is 9.59 Å². The number of aryl methyl sites for hydroxylation is 1. The molecule has 31 heavy (non-hydrogen) atoms. The topological polar surface area (TPSA) is 62.5 Å². The summed E-state index contributed by atoms with van der Waals surface area (Å²) in [4.78, 5) is 26.9. The summed E-state index contributed by atoms with van der Waals surface area (Å²) in [6, 6.07) is 17.8. The lowest BCUT2D eigenvalue weighted by molar-refractivity contribution is 0.355. The second-order valence-electron chi connectivity index (χ2n) is 7.20. The predicted molar refractivity (Wildman–Crippen MR) is 122 cm³/mol. The van der Waals surface area contributed by atoms with Gasteiger partial charge in [-0.25, -0.2) is 9.36 Å². The molecule has 0 saturated heterocycles. The van der Waals surface area contributed by atoms with Crippen molar-refractivity contribution < 1.29 is 9.47 Å². The number of halogens is 1. The van der Waals surface area contributed by atoms with Crippen LogP contribution in [0.4, 0.5) is 0 Å². The molecule has 0 aliphatic rings. The van der Waals surface area contributed by atoms with Crippen LogP contribution in [0.3, 0.4) is 0 Å². The van der Waals surface area contributed by atoms with Gasteiger partial charge in [0, 0.05) is 11.1 Å². The minimum atomic E-state index is -0.451. The molecule has 4 rings (SSSR count). The van der Waals surface area contributed by atoms with Crippen LogP contribution in [0.25, 0.3) is 16.6 Å². The van der Waals surface area contributed by atoms with E-state index in [0.29, 0.717) is 39.7 Å². The highest BCUT2D eigenvalue weighted by atomic mass is 35.5. The molecule has 0 aliphatic carbocycles. The van der Waals surface area contributed by atoms with Crippen LogP contribution in [0.15, 0.2) is 70.3 Å². The van der Waals surface area contributed by atoms with Gasteiger partial charge in [0.2, 0.25) is 0 Å². The average molecular weight is 437 g/mol. The fourth-order valence-corrected chi connectivity index (χ4v) is 3.67. The van der Waals surface area contributed by atoms with Crippen molar-refractivity contribution in [3.63, 3.8) is 0 Å². The predicted octanol–water partition coefficient (Wildman–Crippen LogP) is 4.18. The van der Waals surface area contributed by atoms with Crippen LogP contribution in [-0.2, 0) is 6.54 Å². The lowest BCUT2D eigenvalue weighted by Gasteiger charge is -2.16. The lowest BCUT2D eigenvalue weighted by Crippen LogP contribution is -2.39. The van der Waals surface area contributed by atoms with Crippen LogP contribution in [-0.4, -0.2) is 23.4 Å². The van der Waals surface area contributed by atoms with Gasteiger partial charge in [0.05, 0.1) is 37.4 Å². The summed E-state index contributed by atoms with van der Waals surface area (Å²) in [6.45, 7) is 2.29. The monoisotopic (exact) mass is 436 g/mol. The number of fused-ring (bicyclic) bond motifs is 1. The Hall–Kier alpha value is -3.51. The van der Waals surface area contributed by atoms with E-state index in [1.54, 1.807) is 41.0 Å². The first kappa shape index (κ1) is 20.8. The number of rotatable bonds is 5. The van der Waals surface area contributed by atoms with E-state index < -0.39 is 11.2 Å². The van der Waals surface area contributed by atoms with Gasteiger partial charge in [0.15, 0.2) is 11.5 Å². The fraction of sp³-hybridized carbons (Fsp3) is 0.167.